The molecule has 0 aliphatic carbocycles. The maximum absolute atomic E-state index is 5.97. The van der Waals surface area contributed by atoms with E-state index in [0.29, 0.717) is 26.4 Å². The van der Waals surface area contributed by atoms with E-state index in [2.05, 4.69) is 13.0 Å². The lowest BCUT2D eigenvalue weighted by Gasteiger charge is -2.33. The molecule has 1 saturated heterocycles. The highest BCUT2D eigenvalue weighted by molar-refractivity contribution is 6.62. The lowest BCUT2D eigenvalue weighted by atomic mass is 10.4. The number of hydrogen-bond acceptors (Lipinski definition) is 5. The summed E-state index contributed by atoms with van der Waals surface area (Å²) in [6.07, 6.45) is 5.23. The van der Waals surface area contributed by atoms with Crippen LogP contribution in [0.4, 0.5) is 0 Å². The van der Waals surface area contributed by atoms with Crippen LogP contribution >= 0.6 is 0 Å². The lowest BCUT2D eigenvalue weighted by Crippen LogP contribution is -2.57. The molecule has 20 heavy (non-hydrogen) atoms. The van der Waals surface area contributed by atoms with Crippen molar-refractivity contribution in [1.29, 1.82) is 0 Å². The first-order chi connectivity index (χ1) is 9.72. The zero-order valence-electron chi connectivity index (χ0n) is 13.1. The summed E-state index contributed by atoms with van der Waals surface area (Å²) >= 11 is 0. The summed E-state index contributed by atoms with van der Waals surface area (Å²) in [4.78, 5) is 0. The molecule has 0 bridgehead atoms. The predicted octanol–water partition coefficient (Wildman–Crippen LogP) is 2.32. The molecule has 0 amide bonds. The van der Waals surface area contributed by atoms with Gasteiger partial charge in [0.25, 0.3) is 0 Å². The van der Waals surface area contributed by atoms with Crippen molar-refractivity contribution in [2.24, 2.45) is 0 Å². The van der Waals surface area contributed by atoms with Crippen LogP contribution in [0.15, 0.2) is 12.2 Å². The van der Waals surface area contributed by atoms with E-state index < -0.39 is 8.80 Å². The average Bonchev–Trinajstić information content (AvgIpc) is 3.23. The van der Waals surface area contributed by atoms with Crippen molar-refractivity contribution in [2.45, 2.75) is 45.9 Å². The molecule has 2 atom stereocenters. The fraction of sp³-hybridized carbons (Fsp3) is 0.857. The van der Waals surface area contributed by atoms with Gasteiger partial charge in [0.2, 0.25) is 0 Å². The van der Waals surface area contributed by atoms with Crippen LogP contribution in [0.2, 0.25) is 0 Å². The molecule has 1 aliphatic rings. The van der Waals surface area contributed by atoms with Gasteiger partial charge in [-0.1, -0.05) is 19.1 Å². The molecule has 0 aromatic heterocycles. The smallest absolute Gasteiger partial charge is 0.372 e. The number of rotatable bonds is 12. The van der Waals surface area contributed by atoms with Crippen LogP contribution in [0, 0.1) is 0 Å². The molecule has 0 N–H and O–H groups in total. The number of epoxide rings is 1. The summed E-state index contributed by atoms with van der Waals surface area (Å²) in [5.74, 6) is 0. The minimum Gasteiger partial charge on any atom is -0.372 e. The molecule has 0 spiro atoms. The van der Waals surface area contributed by atoms with Crippen LogP contribution < -0.4 is 0 Å². The third-order valence-corrected chi connectivity index (χ3v) is 5.92. The summed E-state index contributed by atoms with van der Waals surface area (Å²) < 4.78 is 28.9. The summed E-state index contributed by atoms with van der Waals surface area (Å²) in [6.45, 7) is 10.9. The number of hydrogen-bond donors (Lipinski definition) is 0. The second-order valence-electron chi connectivity index (χ2n) is 4.45. The van der Waals surface area contributed by atoms with Crippen LogP contribution in [-0.2, 0) is 22.8 Å². The number of ether oxygens (including phenoxy) is 2. The first kappa shape index (κ1) is 17.8. The maximum Gasteiger partial charge on any atom is 0.535 e. The first-order valence-electron chi connectivity index (χ1n) is 7.54. The van der Waals surface area contributed by atoms with E-state index in [1.807, 2.05) is 26.8 Å². The Morgan fingerprint density at radius 3 is 2.05 bits per heavy atom. The molecule has 0 radical (unpaired) electrons. The van der Waals surface area contributed by atoms with E-state index in [0.717, 1.165) is 13.0 Å². The minimum absolute atomic E-state index is 0.212. The third kappa shape index (κ3) is 5.63. The SMILES string of the molecule is CC/C=C/C(OCC1CO1)[Si](OCC)(OCC)OCC. The Hall–Kier alpha value is -0.243. The van der Waals surface area contributed by atoms with Crippen molar-refractivity contribution < 1.29 is 22.8 Å². The van der Waals surface area contributed by atoms with Gasteiger partial charge in [-0.15, -0.1) is 0 Å². The Balaban J connectivity index is 2.81. The molecule has 1 aliphatic heterocycles. The fourth-order valence-electron chi connectivity index (χ4n) is 1.89. The Labute approximate surface area is 123 Å². The summed E-state index contributed by atoms with van der Waals surface area (Å²) in [5, 5.41) is 0. The van der Waals surface area contributed by atoms with Gasteiger partial charge in [0.1, 0.15) is 11.8 Å². The highest BCUT2D eigenvalue weighted by Crippen LogP contribution is 2.21. The second kappa shape index (κ2) is 9.65. The highest BCUT2D eigenvalue weighted by atomic mass is 28.4. The zero-order chi connectivity index (χ0) is 14.8. The average molecular weight is 304 g/mol. The standard InChI is InChI=1S/C14H28O5Si/c1-5-9-10-14(16-12-13-11-15-13)20(17-6-2,18-7-3)19-8-4/h9-10,13-14H,5-8,11-12H2,1-4H3/b10-9+. The van der Waals surface area contributed by atoms with E-state index >= 15 is 0 Å². The molecule has 5 nitrogen and oxygen atoms in total. The fourth-order valence-corrected chi connectivity index (χ4v) is 4.51. The van der Waals surface area contributed by atoms with Gasteiger partial charge >= 0.3 is 8.80 Å². The van der Waals surface area contributed by atoms with Gasteiger partial charge in [0.05, 0.1) is 13.2 Å². The molecule has 0 saturated carbocycles. The van der Waals surface area contributed by atoms with Gasteiger partial charge in [-0.2, -0.15) is 0 Å². The van der Waals surface area contributed by atoms with E-state index in [1.54, 1.807) is 0 Å². The van der Waals surface area contributed by atoms with Crippen LogP contribution in [0.5, 0.6) is 0 Å². The van der Waals surface area contributed by atoms with Gasteiger partial charge in [-0.05, 0) is 27.2 Å². The van der Waals surface area contributed by atoms with E-state index in [9.17, 15) is 0 Å². The highest BCUT2D eigenvalue weighted by Gasteiger charge is 2.49. The zero-order valence-corrected chi connectivity index (χ0v) is 14.1. The van der Waals surface area contributed by atoms with Crippen LogP contribution in [0.3, 0.4) is 0 Å². The third-order valence-electron chi connectivity index (χ3n) is 2.80. The molecule has 0 aromatic carbocycles. The quantitative estimate of drug-likeness (QED) is 0.315. The molecule has 6 heteroatoms. The normalized spacial score (nSPS) is 20.5. The van der Waals surface area contributed by atoms with E-state index in [1.165, 1.54) is 0 Å². The second-order valence-corrected chi connectivity index (χ2v) is 7.09. The van der Waals surface area contributed by atoms with Gasteiger partial charge in [-0.25, -0.2) is 0 Å². The Kier molecular flexibility index (Phi) is 8.59. The number of allylic oxidation sites excluding steroid dienone is 1. The monoisotopic (exact) mass is 304 g/mol. The van der Waals surface area contributed by atoms with Crippen molar-refractivity contribution >= 4 is 8.80 Å². The first-order valence-corrected chi connectivity index (χ1v) is 9.34. The molecule has 1 fully saturated rings. The minimum atomic E-state index is -2.87. The van der Waals surface area contributed by atoms with Crippen molar-refractivity contribution in [3.63, 3.8) is 0 Å². The molecule has 1 rings (SSSR count). The van der Waals surface area contributed by atoms with Crippen molar-refractivity contribution in [3.8, 4) is 0 Å². The van der Waals surface area contributed by atoms with Crippen molar-refractivity contribution in [2.75, 3.05) is 33.0 Å². The van der Waals surface area contributed by atoms with Gasteiger partial charge in [-0.3, -0.25) is 0 Å². The molecule has 2 unspecified atom stereocenters. The van der Waals surface area contributed by atoms with E-state index in [4.69, 9.17) is 22.8 Å². The Morgan fingerprint density at radius 1 is 1.10 bits per heavy atom. The summed E-state index contributed by atoms with van der Waals surface area (Å²) in [5.41, 5.74) is -0.272. The molecular formula is C14H28O5Si. The molecule has 118 valence electrons. The van der Waals surface area contributed by atoms with Crippen LogP contribution in [0.25, 0.3) is 0 Å². The van der Waals surface area contributed by atoms with Crippen molar-refractivity contribution in [1.82, 2.24) is 0 Å². The van der Waals surface area contributed by atoms with Crippen LogP contribution in [-0.4, -0.2) is 53.7 Å². The summed E-state index contributed by atoms with van der Waals surface area (Å²) in [7, 11) is -2.87. The lowest BCUT2D eigenvalue weighted by molar-refractivity contribution is 0.00284. The summed E-state index contributed by atoms with van der Waals surface area (Å²) in [6, 6.07) is 0. The Bertz CT molecular complexity index is 264. The maximum atomic E-state index is 5.97. The molecular weight excluding hydrogens is 276 g/mol. The van der Waals surface area contributed by atoms with Crippen molar-refractivity contribution in [3.05, 3.63) is 12.2 Å². The van der Waals surface area contributed by atoms with Crippen LogP contribution in [0.1, 0.15) is 34.1 Å². The molecule has 1 heterocycles. The largest absolute Gasteiger partial charge is 0.535 e. The Morgan fingerprint density at radius 2 is 1.65 bits per heavy atom. The predicted molar refractivity (Wildman–Crippen MR) is 79.5 cm³/mol. The van der Waals surface area contributed by atoms with Gasteiger partial charge < -0.3 is 22.8 Å². The topological polar surface area (TPSA) is 49.5 Å². The molecule has 0 aromatic rings. The van der Waals surface area contributed by atoms with Gasteiger partial charge in [0, 0.05) is 19.8 Å². The van der Waals surface area contributed by atoms with Gasteiger partial charge in [0.15, 0.2) is 0 Å². The van der Waals surface area contributed by atoms with E-state index in [-0.39, 0.29) is 11.8 Å².